The minimum atomic E-state index is -0.930. The van der Waals surface area contributed by atoms with Crippen LogP contribution in [0.2, 0.25) is 0 Å². The first-order valence-electron chi connectivity index (χ1n) is 6.22. The Morgan fingerprint density at radius 3 is 2.52 bits per heavy atom. The van der Waals surface area contributed by atoms with Crippen LogP contribution in [0, 0.1) is 6.92 Å². The number of carbonyl (C=O) groups is 2. The van der Waals surface area contributed by atoms with Gasteiger partial charge in [-0.05, 0) is 24.1 Å². The van der Waals surface area contributed by atoms with Gasteiger partial charge >= 0.3 is 5.97 Å². The van der Waals surface area contributed by atoms with Crippen molar-refractivity contribution in [2.75, 3.05) is 7.11 Å². The van der Waals surface area contributed by atoms with Gasteiger partial charge in [0.2, 0.25) is 5.76 Å². The first-order chi connectivity index (χ1) is 10.0. The molecule has 0 aliphatic carbocycles. The first-order valence-corrected chi connectivity index (χ1v) is 7.03. The van der Waals surface area contributed by atoms with Gasteiger partial charge in [-0.3, -0.25) is 4.79 Å². The van der Waals surface area contributed by atoms with E-state index < -0.39 is 17.5 Å². The van der Waals surface area contributed by atoms with Crippen molar-refractivity contribution < 1.29 is 19.4 Å². The van der Waals surface area contributed by atoms with E-state index >= 15 is 0 Å². The number of methoxy groups -OCH3 is 1. The third kappa shape index (κ3) is 3.38. The molecule has 0 saturated carbocycles. The molecule has 0 aliphatic rings. The predicted octanol–water partition coefficient (Wildman–Crippen LogP) is 3.52. The topological polar surface area (TPSA) is 63.6 Å². The Morgan fingerprint density at radius 1 is 1.24 bits per heavy atom. The van der Waals surface area contributed by atoms with E-state index in [4.69, 9.17) is 0 Å². The largest absolute Gasteiger partial charge is 0.502 e. The third-order valence-electron chi connectivity index (χ3n) is 2.86. The van der Waals surface area contributed by atoms with E-state index in [9.17, 15) is 14.7 Å². The van der Waals surface area contributed by atoms with Crippen LogP contribution in [-0.2, 0) is 9.53 Å². The maximum Gasteiger partial charge on any atom is 0.373 e. The lowest BCUT2D eigenvalue weighted by Crippen LogP contribution is -2.06. The molecule has 5 heteroatoms. The minimum absolute atomic E-state index is 0.414. The highest BCUT2D eigenvalue weighted by atomic mass is 32.1. The SMILES string of the molecule is COC(=O)/C(O)=C/C(=O)c1sc(-c2ccccc2)cc1C. The van der Waals surface area contributed by atoms with Gasteiger partial charge in [-0.15, -0.1) is 11.3 Å². The highest BCUT2D eigenvalue weighted by Gasteiger charge is 2.16. The number of benzene rings is 1. The monoisotopic (exact) mass is 302 g/mol. The Labute approximate surface area is 126 Å². The van der Waals surface area contributed by atoms with E-state index in [1.807, 2.05) is 43.3 Å². The van der Waals surface area contributed by atoms with Crippen molar-refractivity contribution in [3.8, 4) is 10.4 Å². The molecule has 0 atom stereocenters. The predicted molar refractivity (Wildman–Crippen MR) is 81.6 cm³/mol. The highest BCUT2D eigenvalue weighted by molar-refractivity contribution is 7.17. The van der Waals surface area contributed by atoms with Crippen LogP contribution in [0.5, 0.6) is 0 Å². The zero-order valence-electron chi connectivity index (χ0n) is 11.6. The van der Waals surface area contributed by atoms with Gasteiger partial charge in [0.15, 0.2) is 5.78 Å². The lowest BCUT2D eigenvalue weighted by Gasteiger charge is -1.97. The average Bonchev–Trinajstić information content (AvgIpc) is 2.89. The molecule has 0 radical (unpaired) electrons. The van der Waals surface area contributed by atoms with Crippen LogP contribution in [0.15, 0.2) is 48.2 Å². The summed E-state index contributed by atoms with van der Waals surface area (Å²) >= 11 is 1.32. The van der Waals surface area contributed by atoms with Gasteiger partial charge in [0, 0.05) is 11.0 Å². The second-order valence-corrected chi connectivity index (χ2v) is 5.43. The molecule has 4 nitrogen and oxygen atoms in total. The van der Waals surface area contributed by atoms with E-state index in [0.29, 0.717) is 4.88 Å². The number of aryl methyl sites for hydroxylation is 1. The quantitative estimate of drug-likeness (QED) is 0.406. The number of allylic oxidation sites excluding steroid dienone is 1. The highest BCUT2D eigenvalue weighted by Crippen LogP contribution is 2.31. The molecule has 21 heavy (non-hydrogen) atoms. The number of esters is 1. The zero-order valence-corrected chi connectivity index (χ0v) is 12.4. The van der Waals surface area contributed by atoms with Crippen LogP contribution in [0.1, 0.15) is 15.2 Å². The second-order valence-electron chi connectivity index (χ2n) is 4.37. The fourth-order valence-corrected chi connectivity index (χ4v) is 2.91. The van der Waals surface area contributed by atoms with Gasteiger partial charge in [-0.2, -0.15) is 0 Å². The Bertz CT molecular complexity index is 698. The third-order valence-corrected chi connectivity index (χ3v) is 4.16. The maximum atomic E-state index is 12.1. The number of hydrogen-bond donors (Lipinski definition) is 1. The van der Waals surface area contributed by atoms with E-state index in [-0.39, 0.29) is 0 Å². The summed E-state index contributed by atoms with van der Waals surface area (Å²) in [7, 11) is 1.14. The Hall–Kier alpha value is -2.40. The first kappa shape index (κ1) is 15.0. The molecule has 108 valence electrons. The van der Waals surface area contributed by atoms with Crippen LogP contribution in [0.3, 0.4) is 0 Å². The summed E-state index contributed by atoms with van der Waals surface area (Å²) in [5, 5.41) is 9.43. The molecule has 0 unspecified atom stereocenters. The maximum absolute atomic E-state index is 12.1. The lowest BCUT2D eigenvalue weighted by molar-refractivity contribution is -0.139. The molecule has 0 amide bonds. The van der Waals surface area contributed by atoms with E-state index in [2.05, 4.69) is 4.74 Å². The Kier molecular flexibility index (Phi) is 4.55. The molecule has 0 saturated heterocycles. The summed E-state index contributed by atoms with van der Waals surface area (Å²) in [5.41, 5.74) is 1.82. The van der Waals surface area contributed by atoms with Crippen LogP contribution in [0.4, 0.5) is 0 Å². The lowest BCUT2D eigenvalue weighted by atomic mass is 10.1. The van der Waals surface area contributed by atoms with Crippen LogP contribution < -0.4 is 0 Å². The molecule has 1 heterocycles. The van der Waals surface area contributed by atoms with Crippen molar-refractivity contribution in [2.45, 2.75) is 6.92 Å². The number of hydrogen-bond acceptors (Lipinski definition) is 5. The van der Waals surface area contributed by atoms with Crippen LogP contribution >= 0.6 is 11.3 Å². The standard InChI is InChI=1S/C16H14O4S/c1-10-8-14(11-6-4-3-5-7-11)21-15(10)12(17)9-13(18)16(19)20-2/h3-9,18H,1-2H3/b13-9-. The number of ketones is 1. The van der Waals surface area contributed by atoms with Crippen molar-refractivity contribution >= 4 is 23.1 Å². The van der Waals surface area contributed by atoms with E-state index in [1.54, 1.807) is 0 Å². The summed E-state index contributed by atoms with van der Waals surface area (Å²) in [5.74, 6) is -2.04. The Morgan fingerprint density at radius 2 is 1.90 bits per heavy atom. The van der Waals surface area contributed by atoms with Crippen molar-refractivity contribution in [1.82, 2.24) is 0 Å². The van der Waals surface area contributed by atoms with Gasteiger partial charge < -0.3 is 9.84 Å². The fourth-order valence-electron chi connectivity index (χ4n) is 1.82. The molecule has 0 bridgehead atoms. The molecule has 1 N–H and O–H groups in total. The molecule has 0 spiro atoms. The number of carbonyl (C=O) groups excluding carboxylic acids is 2. The number of rotatable bonds is 4. The average molecular weight is 302 g/mol. The van der Waals surface area contributed by atoms with Gasteiger partial charge in [-0.1, -0.05) is 30.3 Å². The fraction of sp³-hybridized carbons (Fsp3) is 0.125. The van der Waals surface area contributed by atoms with Gasteiger partial charge in [0.05, 0.1) is 12.0 Å². The second kappa shape index (κ2) is 6.37. The molecule has 0 aliphatic heterocycles. The van der Waals surface area contributed by atoms with E-state index in [1.165, 1.54) is 11.3 Å². The van der Waals surface area contributed by atoms with Crippen molar-refractivity contribution in [2.24, 2.45) is 0 Å². The summed E-state index contributed by atoms with van der Waals surface area (Å²) in [6.07, 6.45) is 0.888. The van der Waals surface area contributed by atoms with Crippen molar-refractivity contribution in [3.63, 3.8) is 0 Å². The molecule has 1 aromatic heterocycles. The minimum Gasteiger partial charge on any atom is -0.502 e. The summed E-state index contributed by atoms with van der Waals surface area (Å²) < 4.78 is 4.35. The number of aliphatic hydroxyl groups excluding tert-OH is 1. The number of ether oxygens (including phenoxy) is 1. The van der Waals surface area contributed by atoms with Crippen molar-refractivity contribution in [1.29, 1.82) is 0 Å². The summed E-state index contributed by atoms with van der Waals surface area (Å²) in [6.45, 7) is 1.82. The zero-order chi connectivity index (χ0) is 15.4. The summed E-state index contributed by atoms with van der Waals surface area (Å²) in [6, 6.07) is 11.6. The molecule has 2 aromatic rings. The van der Waals surface area contributed by atoms with Crippen LogP contribution in [0.25, 0.3) is 10.4 Å². The molecule has 0 fully saturated rings. The van der Waals surface area contributed by atoms with Gasteiger partial charge in [0.1, 0.15) is 0 Å². The van der Waals surface area contributed by atoms with Crippen molar-refractivity contribution in [3.05, 3.63) is 58.7 Å². The smallest absolute Gasteiger partial charge is 0.373 e. The number of aliphatic hydroxyl groups is 1. The van der Waals surface area contributed by atoms with Gasteiger partial charge in [-0.25, -0.2) is 4.79 Å². The molecular formula is C16H14O4S. The number of thiophene rings is 1. The van der Waals surface area contributed by atoms with E-state index in [0.717, 1.165) is 29.2 Å². The molecule has 2 rings (SSSR count). The molecule has 1 aromatic carbocycles. The summed E-state index contributed by atoms with van der Waals surface area (Å²) in [4.78, 5) is 24.7. The van der Waals surface area contributed by atoms with Gasteiger partial charge in [0.25, 0.3) is 0 Å². The normalized spacial score (nSPS) is 11.2. The van der Waals surface area contributed by atoms with Crippen LogP contribution in [-0.4, -0.2) is 24.0 Å². The Balaban J connectivity index is 2.32. The molecular weight excluding hydrogens is 288 g/mol.